The zero-order valence-electron chi connectivity index (χ0n) is 17.4. The van der Waals surface area contributed by atoms with Gasteiger partial charge in [0, 0.05) is 30.9 Å². The molecule has 4 unspecified atom stereocenters. The first-order valence-electron chi connectivity index (χ1n) is 9.70. The summed E-state index contributed by atoms with van der Waals surface area (Å²) in [7, 11) is 0. The molecule has 2 aliphatic rings. The summed E-state index contributed by atoms with van der Waals surface area (Å²) in [5.74, 6) is -2.41. The molecule has 0 radical (unpaired) electrons. The third kappa shape index (κ3) is 5.67. The lowest BCUT2D eigenvalue weighted by Gasteiger charge is -2.29. The van der Waals surface area contributed by atoms with E-state index in [0.29, 0.717) is 18.4 Å². The Labute approximate surface area is 175 Å². The van der Waals surface area contributed by atoms with E-state index in [2.05, 4.69) is 6.58 Å². The quantitative estimate of drug-likeness (QED) is 0.297. The summed E-state index contributed by atoms with van der Waals surface area (Å²) in [5, 5.41) is 18.9. The van der Waals surface area contributed by atoms with Crippen LogP contribution in [-0.2, 0) is 28.6 Å². The lowest BCUT2D eigenvalue weighted by Crippen LogP contribution is -2.34. The van der Waals surface area contributed by atoms with E-state index in [4.69, 9.17) is 19.3 Å². The van der Waals surface area contributed by atoms with Gasteiger partial charge in [0.1, 0.15) is 18.3 Å². The van der Waals surface area contributed by atoms with Gasteiger partial charge in [-0.1, -0.05) is 18.2 Å². The Morgan fingerprint density at radius 2 is 2.00 bits per heavy atom. The van der Waals surface area contributed by atoms with Crippen LogP contribution in [0.15, 0.2) is 47.1 Å². The number of fused-ring (bicyclic) bond motifs is 1. The Kier molecular flexibility index (Phi) is 8.14. The van der Waals surface area contributed by atoms with Crippen molar-refractivity contribution in [1.29, 1.82) is 0 Å². The molecular formula is C22H28O8. The largest absolute Gasteiger partial charge is 0.458 e. The van der Waals surface area contributed by atoms with Crippen LogP contribution in [0.3, 0.4) is 0 Å². The minimum Gasteiger partial charge on any atom is -0.458 e. The second-order valence-electron chi connectivity index (χ2n) is 7.42. The van der Waals surface area contributed by atoms with Gasteiger partial charge in [0.05, 0.1) is 19.1 Å². The molecule has 8 nitrogen and oxygen atoms in total. The van der Waals surface area contributed by atoms with Gasteiger partial charge in [-0.2, -0.15) is 0 Å². The van der Waals surface area contributed by atoms with Gasteiger partial charge in [0.2, 0.25) is 0 Å². The molecule has 0 aromatic carbocycles. The van der Waals surface area contributed by atoms with Gasteiger partial charge in [-0.3, -0.25) is 4.79 Å². The summed E-state index contributed by atoms with van der Waals surface area (Å²) in [4.78, 5) is 36.2. The maximum absolute atomic E-state index is 12.4. The van der Waals surface area contributed by atoms with Crippen molar-refractivity contribution in [2.24, 2.45) is 5.92 Å². The molecule has 0 amide bonds. The van der Waals surface area contributed by atoms with Gasteiger partial charge in [0.15, 0.2) is 0 Å². The normalized spacial score (nSPS) is 27.4. The van der Waals surface area contributed by atoms with E-state index < -0.39 is 48.7 Å². The second-order valence-corrected chi connectivity index (χ2v) is 7.42. The lowest BCUT2D eigenvalue weighted by atomic mass is 9.85. The SMILES string of the molecule is C=C1C(=O)OC2C=C(CO)C(OC(C)=O)CC=C(C)CC(OC(=O)C(C)=CCO)C12. The van der Waals surface area contributed by atoms with E-state index in [9.17, 15) is 19.5 Å². The van der Waals surface area contributed by atoms with Crippen LogP contribution in [0.5, 0.6) is 0 Å². The first-order chi connectivity index (χ1) is 14.2. The number of aliphatic hydroxyl groups excluding tert-OH is 2. The summed E-state index contributed by atoms with van der Waals surface area (Å²) in [6.45, 7) is 7.75. The highest BCUT2D eigenvalue weighted by Crippen LogP contribution is 2.36. The Morgan fingerprint density at radius 1 is 1.30 bits per heavy atom. The minimum absolute atomic E-state index is 0.160. The van der Waals surface area contributed by atoms with Crippen LogP contribution >= 0.6 is 0 Å². The molecule has 4 atom stereocenters. The van der Waals surface area contributed by atoms with Crippen LogP contribution in [0.2, 0.25) is 0 Å². The molecule has 164 valence electrons. The maximum Gasteiger partial charge on any atom is 0.334 e. The number of rotatable bonds is 5. The van der Waals surface area contributed by atoms with Crippen LogP contribution < -0.4 is 0 Å². The fraction of sp³-hybridized carbons (Fsp3) is 0.500. The first-order valence-corrected chi connectivity index (χ1v) is 9.70. The molecule has 1 aliphatic carbocycles. The van der Waals surface area contributed by atoms with Crippen molar-refractivity contribution in [3.05, 3.63) is 47.1 Å². The number of aliphatic hydroxyl groups is 2. The summed E-state index contributed by atoms with van der Waals surface area (Å²) < 4.78 is 16.4. The van der Waals surface area contributed by atoms with E-state index in [1.807, 2.05) is 13.0 Å². The summed E-state index contributed by atoms with van der Waals surface area (Å²) in [5.41, 5.74) is 1.63. The third-order valence-electron chi connectivity index (χ3n) is 5.13. The summed E-state index contributed by atoms with van der Waals surface area (Å²) in [6, 6.07) is 0. The van der Waals surface area contributed by atoms with E-state index in [-0.39, 0.29) is 17.8 Å². The zero-order chi connectivity index (χ0) is 22.4. The Bertz CT molecular complexity index is 804. The Balaban J connectivity index is 2.46. The second kappa shape index (κ2) is 10.4. The highest BCUT2D eigenvalue weighted by Gasteiger charge is 2.45. The first kappa shape index (κ1) is 23.6. The minimum atomic E-state index is -0.837. The van der Waals surface area contributed by atoms with Crippen molar-refractivity contribution < 1.29 is 38.8 Å². The smallest absolute Gasteiger partial charge is 0.334 e. The number of esters is 3. The molecular weight excluding hydrogens is 392 g/mol. The number of carbonyl (C=O) groups excluding carboxylic acids is 3. The van der Waals surface area contributed by atoms with Gasteiger partial charge < -0.3 is 24.4 Å². The molecule has 2 rings (SSSR count). The molecule has 0 spiro atoms. The highest BCUT2D eigenvalue weighted by molar-refractivity contribution is 5.92. The molecule has 1 saturated heterocycles. The molecule has 1 fully saturated rings. The van der Waals surface area contributed by atoms with E-state index in [0.717, 1.165) is 5.57 Å². The number of ether oxygens (including phenoxy) is 3. The van der Waals surface area contributed by atoms with Crippen molar-refractivity contribution in [3.63, 3.8) is 0 Å². The highest BCUT2D eigenvalue weighted by atomic mass is 16.6. The third-order valence-corrected chi connectivity index (χ3v) is 5.13. The van der Waals surface area contributed by atoms with Crippen LogP contribution in [-0.4, -0.2) is 59.6 Å². The van der Waals surface area contributed by atoms with Crippen LogP contribution in [0.4, 0.5) is 0 Å². The van der Waals surface area contributed by atoms with Gasteiger partial charge >= 0.3 is 17.9 Å². The zero-order valence-corrected chi connectivity index (χ0v) is 17.4. The van der Waals surface area contributed by atoms with Crippen LogP contribution in [0.1, 0.15) is 33.6 Å². The molecule has 0 aromatic rings. The monoisotopic (exact) mass is 420 g/mol. The van der Waals surface area contributed by atoms with E-state index in [1.54, 1.807) is 6.08 Å². The van der Waals surface area contributed by atoms with Crippen molar-refractivity contribution in [2.45, 2.75) is 51.9 Å². The summed E-state index contributed by atoms with van der Waals surface area (Å²) in [6.07, 6.45) is 3.05. The maximum atomic E-state index is 12.4. The molecule has 1 aliphatic heterocycles. The van der Waals surface area contributed by atoms with E-state index >= 15 is 0 Å². The number of hydrogen-bond donors (Lipinski definition) is 2. The molecule has 0 saturated carbocycles. The number of carbonyl (C=O) groups is 3. The number of hydrogen-bond acceptors (Lipinski definition) is 8. The van der Waals surface area contributed by atoms with Crippen molar-refractivity contribution in [2.75, 3.05) is 13.2 Å². The predicted octanol–water partition coefficient (Wildman–Crippen LogP) is 1.53. The predicted molar refractivity (Wildman–Crippen MR) is 107 cm³/mol. The lowest BCUT2D eigenvalue weighted by molar-refractivity contribution is -0.148. The van der Waals surface area contributed by atoms with Crippen molar-refractivity contribution >= 4 is 17.9 Å². The van der Waals surface area contributed by atoms with Crippen LogP contribution in [0, 0.1) is 5.92 Å². The molecule has 0 aromatic heterocycles. The standard InChI is InChI=1S/C22H28O8/c1-12-5-6-17(28-15(4)25)16(11-24)10-19-20(14(3)22(27)30-19)18(9-12)29-21(26)13(2)7-8-23/h5,7,10,17-20,23-24H,3,6,8-9,11H2,1-2,4H3. The Morgan fingerprint density at radius 3 is 2.60 bits per heavy atom. The van der Waals surface area contributed by atoms with Gasteiger partial charge in [-0.05, 0) is 31.6 Å². The van der Waals surface area contributed by atoms with Crippen molar-refractivity contribution in [3.8, 4) is 0 Å². The fourth-order valence-corrected chi connectivity index (χ4v) is 3.53. The molecule has 30 heavy (non-hydrogen) atoms. The van der Waals surface area contributed by atoms with Gasteiger partial charge in [-0.25, -0.2) is 9.59 Å². The molecule has 2 N–H and O–H groups in total. The average Bonchev–Trinajstić information content (AvgIpc) is 2.95. The van der Waals surface area contributed by atoms with Gasteiger partial charge in [0.25, 0.3) is 0 Å². The summed E-state index contributed by atoms with van der Waals surface area (Å²) >= 11 is 0. The van der Waals surface area contributed by atoms with Crippen LogP contribution in [0.25, 0.3) is 0 Å². The molecule has 1 heterocycles. The van der Waals surface area contributed by atoms with Crippen molar-refractivity contribution in [1.82, 2.24) is 0 Å². The Hall–Kier alpha value is -2.71. The fourth-order valence-electron chi connectivity index (χ4n) is 3.53. The average molecular weight is 420 g/mol. The molecule has 8 heteroatoms. The van der Waals surface area contributed by atoms with E-state index in [1.165, 1.54) is 19.9 Å². The molecule has 0 bridgehead atoms. The van der Waals surface area contributed by atoms with Gasteiger partial charge in [-0.15, -0.1) is 0 Å². The topological polar surface area (TPSA) is 119 Å².